The number of aromatic amines is 2. The second kappa shape index (κ2) is 12.7. The number of aliphatic hydroxyl groups is 3. The van der Waals surface area contributed by atoms with E-state index in [1.165, 1.54) is 0 Å². The minimum absolute atomic E-state index is 0.379. The number of hydrogen-bond donors (Lipinski definition) is 6. The number of H-pyrrole nitrogens is 2. The van der Waals surface area contributed by atoms with Crippen LogP contribution in [0.1, 0.15) is 33.2 Å². The van der Waals surface area contributed by atoms with Gasteiger partial charge in [0.1, 0.15) is 36.6 Å². The summed E-state index contributed by atoms with van der Waals surface area (Å²) in [5.41, 5.74) is -3.14. The minimum Gasteiger partial charge on any atom is -0.407 e. The van der Waals surface area contributed by atoms with E-state index in [4.69, 9.17) is 22.9 Å². The summed E-state index contributed by atoms with van der Waals surface area (Å²) in [4.78, 5) is 62.6. The highest BCUT2D eigenvalue weighted by molar-refractivity contribution is 7.47. The van der Waals surface area contributed by atoms with Crippen molar-refractivity contribution < 1.29 is 47.7 Å². The summed E-state index contributed by atoms with van der Waals surface area (Å²) in [5.74, 6) is 0. The molecule has 0 saturated carbocycles. The summed E-state index contributed by atoms with van der Waals surface area (Å²) in [7, 11) is -7.78. The molecule has 2 aliphatic rings. The minimum atomic E-state index is -5.07. The highest BCUT2D eigenvalue weighted by Gasteiger charge is 2.54. The van der Waals surface area contributed by atoms with Crippen LogP contribution in [-0.4, -0.2) is 97.5 Å². The molecule has 4 rings (SSSR count). The summed E-state index contributed by atoms with van der Waals surface area (Å²) in [6.07, 6.45) is -9.31. The number of aliphatic hydroxyl groups excluding tert-OH is 3. The molecule has 0 radical (unpaired) electrons. The van der Waals surface area contributed by atoms with E-state index in [-0.39, 0.29) is 5.04 Å². The smallest absolute Gasteiger partial charge is 0.407 e. The zero-order chi connectivity index (χ0) is 32.8. The average molecular weight is 665 g/mol. The molecule has 1 unspecified atom stereocenters. The topological polar surface area (TPSA) is 254 Å². The Balaban J connectivity index is 1.56. The van der Waals surface area contributed by atoms with Gasteiger partial charge in [-0.2, -0.15) is 0 Å². The van der Waals surface area contributed by atoms with Gasteiger partial charge in [0.2, 0.25) is 0 Å². The van der Waals surface area contributed by atoms with Crippen LogP contribution in [0.4, 0.5) is 0 Å². The van der Waals surface area contributed by atoms with E-state index in [0.29, 0.717) is 0 Å². The van der Waals surface area contributed by atoms with Crippen molar-refractivity contribution in [3.8, 4) is 0 Å². The maximum absolute atomic E-state index is 13.2. The SMILES string of the molecule is CC(C)(C)[Si](C)(C)O[C@@H]1[C@H](OP(=O)(O)OC[C@H]2O[C@@H](n3ccc(=O)[nH]c3=O)[C@H](O)[C@@H]2O)[C@@H](CO)O[C@H]1n1ccc(=O)[nH]c1=O. The van der Waals surface area contributed by atoms with Crippen LogP contribution in [0.5, 0.6) is 0 Å². The van der Waals surface area contributed by atoms with Crippen molar-refractivity contribution in [2.45, 2.75) is 88.0 Å². The predicted molar refractivity (Wildman–Crippen MR) is 152 cm³/mol. The van der Waals surface area contributed by atoms with Gasteiger partial charge in [-0.05, 0) is 18.1 Å². The first-order valence-electron chi connectivity index (χ1n) is 13.6. The molecule has 6 N–H and O–H groups in total. The lowest BCUT2D eigenvalue weighted by atomic mass is 10.1. The summed E-state index contributed by atoms with van der Waals surface area (Å²) in [6, 6.07) is 2.08. The van der Waals surface area contributed by atoms with Crippen molar-refractivity contribution in [3.05, 3.63) is 66.2 Å². The number of nitrogens with zero attached hydrogens (tertiary/aromatic N) is 2. The molecular formula is C24H37N4O14PSi. The van der Waals surface area contributed by atoms with Crippen molar-refractivity contribution in [1.29, 1.82) is 0 Å². The van der Waals surface area contributed by atoms with Crippen molar-refractivity contribution in [1.82, 2.24) is 19.1 Å². The van der Waals surface area contributed by atoms with Gasteiger partial charge in [-0.25, -0.2) is 14.2 Å². The molecule has 2 fully saturated rings. The molecule has 246 valence electrons. The molecule has 2 aromatic heterocycles. The van der Waals surface area contributed by atoms with Gasteiger partial charge in [0.05, 0.1) is 13.2 Å². The van der Waals surface area contributed by atoms with Crippen LogP contribution in [0.2, 0.25) is 18.1 Å². The molecule has 2 saturated heterocycles. The molecule has 44 heavy (non-hydrogen) atoms. The van der Waals surface area contributed by atoms with Gasteiger partial charge in [-0.1, -0.05) is 20.8 Å². The van der Waals surface area contributed by atoms with Gasteiger partial charge in [0.25, 0.3) is 11.1 Å². The van der Waals surface area contributed by atoms with E-state index >= 15 is 0 Å². The van der Waals surface area contributed by atoms with Crippen molar-refractivity contribution in [2.24, 2.45) is 0 Å². The fourth-order valence-corrected chi connectivity index (χ4v) is 6.80. The highest BCUT2D eigenvalue weighted by atomic mass is 31.2. The van der Waals surface area contributed by atoms with E-state index in [1.807, 2.05) is 38.8 Å². The third kappa shape index (κ3) is 7.13. The first kappa shape index (κ1) is 34.3. The van der Waals surface area contributed by atoms with Gasteiger partial charge in [0, 0.05) is 24.5 Å². The van der Waals surface area contributed by atoms with Crippen LogP contribution in [0.25, 0.3) is 0 Å². The Labute approximate surface area is 250 Å². The molecule has 0 amide bonds. The first-order valence-corrected chi connectivity index (χ1v) is 18.0. The third-order valence-electron chi connectivity index (χ3n) is 7.95. The lowest BCUT2D eigenvalue weighted by molar-refractivity contribution is -0.0615. The molecule has 0 aliphatic carbocycles. The Bertz CT molecular complexity index is 1620. The van der Waals surface area contributed by atoms with E-state index < -0.39 is 101 Å². The van der Waals surface area contributed by atoms with Crippen molar-refractivity contribution in [3.63, 3.8) is 0 Å². The number of phosphoric ester groups is 1. The Kier molecular flexibility index (Phi) is 9.89. The number of phosphoric acid groups is 1. The Morgan fingerprint density at radius 3 is 1.93 bits per heavy atom. The van der Waals surface area contributed by atoms with E-state index in [9.17, 15) is 44.0 Å². The van der Waals surface area contributed by atoms with Crippen LogP contribution in [0, 0.1) is 0 Å². The maximum atomic E-state index is 13.2. The second-order valence-electron chi connectivity index (χ2n) is 12.0. The fourth-order valence-electron chi connectivity index (χ4n) is 4.55. The van der Waals surface area contributed by atoms with Crippen molar-refractivity contribution >= 4 is 16.1 Å². The van der Waals surface area contributed by atoms with E-state index in [0.717, 1.165) is 33.7 Å². The number of aromatic nitrogens is 4. The highest BCUT2D eigenvalue weighted by Crippen LogP contribution is 2.51. The maximum Gasteiger partial charge on any atom is 0.472 e. The summed E-state index contributed by atoms with van der Waals surface area (Å²) in [5, 5.41) is 30.6. The van der Waals surface area contributed by atoms with Gasteiger partial charge in [-0.3, -0.25) is 37.7 Å². The molecule has 4 heterocycles. The van der Waals surface area contributed by atoms with Gasteiger partial charge in [0.15, 0.2) is 20.8 Å². The number of hydrogen-bond acceptors (Lipinski definition) is 13. The third-order valence-corrected chi connectivity index (χ3v) is 13.4. The van der Waals surface area contributed by atoms with Gasteiger partial charge < -0.3 is 34.1 Å². The molecule has 2 aromatic rings. The molecule has 9 atom stereocenters. The Hall–Kier alpha value is -2.55. The van der Waals surface area contributed by atoms with E-state index in [1.54, 1.807) is 0 Å². The fraction of sp³-hybridized carbons (Fsp3) is 0.667. The van der Waals surface area contributed by atoms with Gasteiger partial charge >= 0.3 is 19.2 Å². The Morgan fingerprint density at radius 2 is 1.43 bits per heavy atom. The standard InChI is InChI=1S/C24H37N4O14PSi/c1-24(2,3)44(4,5)42-19-18(12(10-29)39-21(19)28-9-7-15(31)26-23(28)35)41-43(36,37)38-11-13-16(32)17(33)20(40-13)27-8-6-14(30)25-22(27)34/h6-9,12-13,16-21,29,32-33H,10-11H2,1-5H3,(H,36,37)(H,25,30,34)(H,26,31,35)/t12-,13-,16-,17-,18-,19-,20-,21-/m1/s1. The molecule has 0 aromatic carbocycles. The monoisotopic (exact) mass is 664 g/mol. The summed E-state index contributed by atoms with van der Waals surface area (Å²) < 4.78 is 43.4. The number of ether oxygens (including phenoxy) is 2. The lowest BCUT2D eigenvalue weighted by Gasteiger charge is -2.40. The molecular weight excluding hydrogens is 627 g/mol. The van der Waals surface area contributed by atoms with Gasteiger partial charge in [-0.15, -0.1) is 0 Å². The van der Waals surface area contributed by atoms with Crippen LogP contribution < -0.4 is 22.5 Å². The zero-order valence-corrected chi connectivity index (χ0v) is 26.4. The molecule has 18 nitrogen and oxygen atoms in total. The average Bonchev–Trinajstić information content (AvgIpc) is 3.37. The van der Waals surface area contributed by atoms with Crippen LogP contribution in [0.3, 0.4) is 0 Å². The van der Waals surface area contributed by atoms with Crippen LogP contribution in [0.15, 0.2) is 43.7 Å². The first-order chi connectivity index (χ1) is 20.3. The normalized spacial score (nSPS) is 30.8. The number of rotatable bonds is 10. The van der Waals surface area contributed by atoms with Crippen molar-refractivity contribution in [2.75, 3.05) is 13.2 Å². The zero-order valence-electron chi connectivity index (χ0n) is 24.6. The van der Waals surface area contributed by atoms with Crippen LogP contribution >= 0.6 is 7.82 Å². The quantitative estimate of drug-likeness (QED) is 0.125. The summed E-state index contributed by atoms with van der Waals surface area (Å²) in [6.45, 7) is 8.05. The van der Waals surface area contributed by atoms with E-state index in [2.05, 4.69) is 4.98 Å². The summed E-state index contributed by atoms with van der Waals surface area (Å²) >= 11 is 0. The predicted octanol–water partition coefficient (Wildman–Crippen LogP) is -1.51. The number of nitrogens with one attached hydrogen (secondary N) is 2. The lowest BCUT2D eigenvalue weighted by Crippen LogP contribution is -2.50. The second-order valence-corrected chi connectivity index (χ2v) is 18.2. The Morgan fingerprint density at radius 1 is 0.909 bits per heavy atom. The molecule has 2 aliphatic heterocycles. The molecule has 0 bridgehead atoms. The molecule has 0 spiro atoms. The largest absolute Gasteiger partial charge is 0.472 e. The molecule has 20 heteroatoms. The van der Waals surface area contributed by atoms with Crippen LogP contribution in [-0.2, 0) is 27.5 Å².